The molecule has 2 aromatic rings. The van der Waals surface area contributed by atoms with Crippen LogP contribution in [0, 0.1) is 5.92 Å². The highest BCUT2D eigenvalue weighted by Crippen LogP contribution is 2.35. The van der Waals surface area contributed by atoms with Crippen molar-refractivity contribution in [2.24, 2.45) is 5.92 Å². The number of methoxy groups -OCH3 is 1. The molecule has 0 aliphatic heterocycles. The van der Waals surface area contributed by atoms with Crippen LogP contribution in [0.1, 0.15) is 12.8 Å². The smallest absolute Gasteiger partial charge is 0.347 e. The summed E-state index contributed by atoms with van der Waals surface area (Å²) in [6.45, 7) is 0. The van der Waals surface area contributed by atoms with Crippen LogP contribution >= 0.6 is 0 Å². The average Bonchev–Trinajstić information content (AvgIpc) is 3.38. The number of benzene rings is 2. The van der Waals surface area contributed by atoms with Gasteiger partial charge in [-0.2, -0.15) is 0 Å². The van der Waals surface area contributed by atoms with Crippen molar-refractivity contribution in [2.75, 3.05) is 7.11 Å². The lowest BCUT2D eigenvalue weighted by Gasteiger charge is -2.16. The fourth-order valence-electron chi connectivity index (χ4n) is 2.36. The zero-order chi connectivity index (χ0) is 14.7. The van der Waals surface area contributed by atoms with Crippen LogP contribution in [-0.4, -0.2) is 19.2 Å². The van der Waals surface area contributed by atoms with Crippen LogP contribution in [0.5, 0.6) is 5.75 Å². The Morgan fingerprint density at radius 1 is 1.00 bits per heavy atom. The highest BCUT2D eigenvalue weighted by Gasteiger charge is 2.38. The Bertz CT molecular complexity index is 600. The molecule has 1 aliphatic rings. The summed E-state index contributed by atoms with van der Waals surface area (Å²) in [5, 5.41) is 0. The molecule has 1 atom stereocenters. The van der Waals surface area contributed by atoms with E-state index in [2.05, 4.69) is 12.1 Å². The summed E-state index contributed by atoms with van der Waals surface area (Å²) >= 11 is 0. The van der Waals surface area contributed by atoms with Gasteiger partial charge in [0.05, 0.1) is 7.11 Å². The Balaban J connectivity index is 1.73. The molecule has 0 spiro atoms. The molecule has 1 aliphatic carbocycles. The SMILES string of the molecule is COC(=O)C(Oc1ccc(-c2ccccc2)cc1)C1CC1. The lowest BCUT2D eigenvalue weighted by Crippen LogP contribution is -2.30. The molecule has 0 bridgehead atoms. The van der Waals surface area contributed by atoms with Crippen molar-refractivity contribution in [2.45, 2.75) is 18.9 Å². The molecule has 21 heavy (non-hydrogen) atoms. The molecular formula is C18H18O3. The predicted octanol–water partition coefficient (Wildman–Crippen LogP) is 3.68. The minimum Gasteiger partial charge on any atom is -0.478 e. The summed E-state index contributed by atoms with van der Waals surface area (Å²) in [6, 6.07) is 18.0. The first-order chi connectivity index (χ1) is 10.3. The third-order valence-electron chi connectivity index (χ3n) is 3.71. The molecule has 0 heterocycles. The summed E-state index contributed by atoms with van der Waals surface area (Å²) in [5.41, 5.74) is 2.29. The first-order valence-corrected chi connectivity index (χ1v) is 7.18. The van der Waals surface area contributed by atoms with E-state index in [0.717, 1.165) is 24.0 Å². The van der Waals surface area contributed by atoms with E-state index in [4.69, 9.17) is 9.47 Å². The quantitative estimate of drug-likeness (QED) is 0.785. The molecular weight excluding hydrogens is 264 g/mol. The third kappa shape index (κ3) is 3.24. The van der Waals surface area contributed by atoms with Crippen molar-refractivity contribution in [3.05, 3.63) is 54.6 Å². The molecule has 0 radical (unpaired) electrons. The number of carbonyl (C=O) groups is 1. The standard InChI is InChI=1S/C18H18O3/c1-20-18(19)17(15-7-8-15)21-16-11-9-14(10-12-16)13-5-3-2-4-6-13/h2-6,9-12,15,17H,7-8H2,1H3. The number of rotatable bonds is 5. The van der Waals surface area contributed by atoms with Crippen LogP contribution in [0.3, 0.4) is 0 Å². The van der Waals surface area contributed by atoms with Crippen molar-refractivity contribution < 1.29 is 14.3 Å². The molecule has 0 saturated heterocycles. The Hall–Kier alpha value is -2.29. The first-order valence-electron chi connectivity index (χ1n) is 7.18. The monoisotopic (exact) mass is 282 g/mol. The summed E-state index contributed by atoms with van der Waals surface area (Å²) in [4.78, 5) is 11.7. The summed E-state index contributed by atoms with van der Waals surface area (Å²) in [6.07, 6.45) is 1.58. The van der Waals surface area contributed by atoms with E-state index in [1.165, 1.54) is 7.11 Å². The molecule has 1 unspecified atom stereocenters. The molecule has 2 aromatic carbocycles. The Morgan fingerprint density at radius 2 is 1.62 bits per heavy atom. The number of ether oxygens (including phenoxy) is 2. The highest BCUT2D eigenvalue weighted by atomic mass is 16.6. The second kappa shape index (κ2) is 6.00. The minimum atomic E-state index is -0.474. The normalized spacial score (nSPS) is 15.3. The predicted molar refractivity (Wildman–Crippen MR) is 81.0 cm³/mol. The Kier molecular flexibility index (Phi) is 3.91. The largest absolute Gasteiger partial charge is 0.478 e. The second-order valence-corrected chi connectivity index (χ2v) is 5.29. The molecule has 1 fully saturated rings. The summed E-state index contributed by atoms with van der Waals surface area (Å²) < 4.78 is 10.6. The van der Waals surface area contributed by atoms with Crippen LogP contribution in [-0.2, 0) is 9.53 Å². The van der Waals surface area contributed by atoms with Gasteiger partial charge < -0.3 is 9.47 Å². The lowest BCUT2D eigenvalue weighted by molar-refractivity contribution is -0.149. The fraction of sp³-hybridized carbons (Fsp3) is 0.278. The zero-order valence-corrected chi connectivity index (χ0v) is 12.0. The molecule has 0 amide bonds. The van der Waals surface area contributed by atoms with Gasteiger partial charge in [0.1, 0.15) is 5.75 Å². The third-order valence-corrected chi connectivity index (χ3v) is 3.71. The van der Waals surface area contributed by atoms with Crippen molar-refractivity contribution in [1.29, 1.82) is 0 Å². The molecule has 1 saturated carbocycles. The van der Waals surface area contributed by atoms with E-state index in [0.29, 0.717) is 11.7 Å². The molecule has 108 valence electrons. The molecule has 3 nitrogen and oxygen atoms in total. The molecule has 0 N–H and O–H groups in total. The van der Waals surface area contributed by atoms with Gasteiger partial charge in [-0.05, 0) is 36.1 Å². The van der Waals surface area contributed by atoms with Gasteiger partial charge in [-0.3, -0.25) is 0 Å². The van der Waals surface area contributed by atoms with Crippen molar-refractivity contribution in [1.82, 2.24) is 0 Å². The fourth-order valence-corrected chi connectivity index (χ4v) is 2.36. The van der Waals surface area contributed by atoms with Crippen molar-refractivity contribution in [3.63, 3.8) is 0 Å². The van der Waals surface area contributed by atoms with E-state index >= 15 is 0 Å². The molecule has 3 rings (SSSR count). The van der Waals surface area contributed by atoms with Gasteiger partial charge >= 0.3 is 5.97 Å². The number of hydrogen-bond acceptors (Lipinski definition) is 3. The van der Waals surface area contributed by atoms with Crippen molar-refractivity contribution >= 4 is 5.97 Å². The minimum absolute atomic E-state index is 0.287. The zero-order valence-electron chi connectivity index (χ0n) is 12.0. The highest BCUT2D eigenvalue weighted by molar-refractivity contribution is 5.76. The summed E-state index contributed by atoms with van der Waals surface area (Å²) in [7, 11) is 1.40. The topological polar surface area (TPSA) is 35.5 Å². The molecule has 3 heteroatoms. The van der Waals surface area contributed by atoms with Crippen LogP contribution < -0.4 is 4.74 Å². The van der Waals surface area contributed by atoms with E-state index < -0.39 is 6.10 Å². The van der Waals surface area contributed by atoms with E-state index in [1.54, 1.807) is 0 Å². The van der Waals surface area contributed by atoms with E-state index in [1.807, 2.05) is 42.5 Å². The second-order valence-electron chi connectivity index (χ2n) is 5.29. The van der Waals surface area contributed by atoms with Gasteiger partial charge in [-0.25, -0.2) is 4.79 Å². The maximum Gasteiger partial charge on any atom is 0.347 e. The Labute approximate surface area is 124 Å². The van der Waals surface area contributed by atoms with Gasteiger partial charge in [0.15, 0.2) is 6.10 Å². The van der Waals surface area contributed by atoms with Gasteiger partial charge in [-0.15, -0.1) is 0 Å². The maximum absolute atomic E-state index is 11.7. The summed E-state index contributed by atoms with van der Waals surface area (Å²) in [5.74, 6) is 0.716. The number of hydrogen-bond donors (Lipinski definition) is 0. The number of esters is 1. The first kappa shape index (κ1) is 13.7. The van der Waals surface area contributed by atoms with Gasteiger partial charge in [0, 0.05) is 5.92 Å². The number of carbonyl (C=O) groups excluding carboxylic acids is 1. The Morgan fingerprint density at radius 3 is 2.19 bits per heavy atom. The lowest BCUT2D eigenvalue weighted by atomic mass is 10.1. The maximum atomic E-state index is 11.7. The molecule has 0 aromatic heterocycles. The van der Waals surface area contributed by atoms with E-state index in [-0.39, 0.29) is 5.97 Å². The van der Waals surface area contributed by atoms with Crippen LogP contribution in [0.25, 0.3) is 11.1 Å². The van der Waals surface area contributed by atoms with Gasteiger partial charge in [-0.1, -0.05) is 42.5 Å². The van der Waals surface area contributed by atoms with Crippen LogP contribution in [0.15, 0.2) is 54.6 Å². The average molecular weight is 282 g/mol. The van der Waals surface area contributed by atoms with Crippen molar-refractivity contribution in [3.8, 4) is 16.9 Å². The van der Waals surface area contributed by atoms with Crippen LogP contribution in [0.4, 0.5) is 0 Å². The van der Waals surface area contributed by atoms with Crippen LogP contribution in [0.2, 0.25) is 0 Å². The van der Waals surface area contributed by atoms with E-state index in [9.17, 15) is 4.79 Å². The van der Waals surface area contributed by atoms with Gasteiger partial charge in [0.2, 0.25) is 0 Å². The van der Waals surface area contributed by atoms with Gasteiger partial charge in [0.25, 0.3) is 0 Å².